The Balaban J connectivity index is 0.000000186. The number of carbonyl (C=O) groups is 2. The predicted molar refractivity (Wildman–Crippen MR) is 264 cm³/mol. The summed E-state index contributed by atoms with van der Waals surface area (Å²) < 4.78 is 39.0. The van der Waals surface area contributed by atoms with Gasteiger partial charge in [-0.15, -0.1) is 0 Å². The number of carbonyl (C=O) groups excluding carboxylic acids is 2. The molecule has 9 rings (SSSR count). The molecule has 16 heteroatoms. The molecule has 0 aliphatic carbocycles. The van der Waals surface area contributed by atoms with Crippen LogP contribution in [0.4, 0.5) is 31.8 Å². The van der Waals surface area contributed by atoms with E-state index >= 15 is 0 Å². The maximum absolute atomic E-state index is 14.3. The number of anilines is 4. The van der Waals surface area contributed by atoms with Crippen LogP contribution in [0.3, 0.4) is 0 Å². The summed E-state index contributed by atoms with van der Waals surface area (Å²) in [6.07, 6.45) is 1.30. The maximum atomic E-state index is 14.3. The van der Waals surface area contributed by atoms with Crippen molar-refractivity contribution in [3.8, 4) is 28.3 Å². The van der Waals surface area contributed by atoms with Crippen molar-refractivity contribution in [1.29, 1.82) is 5.26 Å². The number of nitrogen functional groups attached to an aromatic ring is 1. The molecule has 1 aliphatic heterocycles. The molecule has 2 amide bonds. The Kier molecular flexibility index (Phi) is 14.4. The molecule has 0 saturated heterocycles. The van der Waals surface area contributed by atoms with Gasteiger partial charge in [0.1, 0.15) is 41.2 Å². The average Bonchev–Trinajstić information content (AvgIpc) is 3.62. The number of nitrogens with two attached hydrogens (primary N) is 1. The fraction of sp³-hybridized carbons (Fsp3) is 0.189. The number of pyridine rings is 2. The molecule has 3 aromatic heterocycles. The summed E-state index contributed by atoms with van der Waals surface area (Å²) in [6, 6.07) is 36.1. The van der Waals surface area contributed by atoms with Gasteiger partial charge in [-0.2, -0.15) is 5.26 Å². The summed E-state index contributed by atoms with van der Waals surface area (Å²) in [5.41, 5.74) is 13.9. The number of nitriles is 1. The molecule has 4 heterocycles. The molecule has 14 nitrogen and oxygen atoms in total. The molecule has 69 heavy (non-hydrogen) atoms. The van der Waals surface area contributed by atoms with E-state index in [1.807, 2.05) is 73.7 Å². The minimum absolute atomic E-state index is 0.0966. The lowest BCUT2D eigenvalue weighted by molar-refractivity contribution is 0.0592. The first-order valence-corrected chi connectivity index (χ1v) is 22.1. The molecule has 5 N–H and O–H groups in total. The zero-order chi connectivity index (χ0) is 48.6. The van der Waals surface area contributed by atoms with Crippen molar-refractivity contribution < 1.29 is 27.8 Å². The highest BCUT2D eigenvalue weighted by molar-refractivity contribution is 6.21. The number of amides is 2. The van der Waals surface area contributed by atoms with Crippen LogP contribution in [0.2, 0.25) is 0 Å². The number of benzene rings is 5. The lowest BCUT2D eigenvalue weighted by Crippen LogP contribution is -2.33. The summed E-state index contributed by atoms with van der Waals surface area (Å²) in [7, 11) is 3.24. The van der Waals surface area contributed by atoms with Crippen molar-refractivity contribution in [1.82, 2.24) is 24.8 Å². The topological polar surface area (TPSA) is 193 Å². The van der Waals surface area contributed by atoms with E-state index in [4.69, 9.17) is 25.2 Å². The zero-order valence-corrected chi connectivity index (χ0v) is 38.3. The molecule has 348 valence electrons. The zero-order valence-electron chi connectivity index (χ0n) is 38.3. The van der Waals surface area contributed by atoms with Crippen molar-refractivity contribution >= 4 is 56.6 Å². The molecular formula is C53H48F2N10O4. The van der Waals surface area contributed by atoms with E-state index in [1.165, 1.54) is 35.5 Å². The monoisotopic (exact) mass is 926 g/mol. The first kappa shape index (κ1) is 47.1. The molecular weight excluding hydrogens is 879 g/mol. The number of nitrogens with zero attached hydrogens (tertiary/aromatic N) is 6. The second kappa shape index (κ2) is 21.1. The van der Waals surface area contributed by atoms with Crippen LogP contribution in [0.15, 0.2) is 128 Å². The number of halogens is 2. The highest BCUT2D eigenvalue weighted by Gasteiger charge is 2.40. The summed E-state index contributed by atoms with van der Waals surface area (Å²) in [5, 5.41) is 20.9. The molecule has 0 fully saturated rings. The number of hydrogen-bond donors (Lipinski definition) is 4. The molecule has 0 radical (unpaired) electrons. The van der Waals surface area contributed by atoms with Crippen LogP contribution in [0.1, 0.15) is 63.6 Å². The fourth-order valence-electron chi connectivity index (χ4n) is 8.42. The van der Waals surface area contributed by atoms with Crippen LogP contribution < -0.4 is 21.7 Å². The molecule has 0 spiro atoms. The van der Waals surface area contributed by atoms with Gasteiger partial charge in [-0.05, 0) is 73.5 Å². The SMILES string of the molecule is COCCNc1c(-c2ccccc2)c(C(C)N2C(=O)c3ccccc3C2=O)nc2ccc(F)cc12.COCCNc1c(-c2ccccc2)c(C(C)Nc2ncnc(N)c2C#N)nc2ccc(F)cc12. The minimum atomic E-state index is -0.671. The van der Waals surface area contributed by atoms with Gasteiger partial charge in [-0.1, -0.05) is 72.8 Å². The highest BCUT2D eigenvalue weighted by Crippen LogP contribution is 2.43. The third-order valence-electron chi connectivity index (χ3n) is 11.7. The van der Waals surface area contributed by atoms with Gasteiger partial charge < -0.3 is 31.2 Å². The number of ether oxygens (including phenoxy) is 2. The first-order valence-electron chi connectivity index (χ1n) is 22.1. The van der Waals surface area contributed by atoms with Crippen LogP contribution in [0.5, 0.6) is 0 Å². The van der Waals surface area contributed by atoms with Gasteiger partial charge >= 0.3 is 0 Å². The molecule has 2 atom stereocenters. The van der Waals surface area contributed by atoms with Crippen LogP contribution in [0, 0.1) is 23.0 Å². The first-order chi connectivity index (χ1) is 33.5. The van der Waals surface area contributed by atoms with Gasteiger partial charge in [0.25, 0.3) is 11.8 Å². The predicted octanol–water partition coefficient (Wildman–Crippen LogP) is 9.97. The van der Waals surface area contributed by atoms with Crippen LogP contribution in [0.25, 0.3) is 44.1 Å². The van der Waals surface area contributed by atoms with Crippen molar-refractivity contribution in [2.24, 2.45) is 0 Å². The summed E-state index contributed by atoms with van der Waals surface area (Å²) in [5.74, 6) is -1.03. The standard InChI is InChI=1S/C28H24FN3O3.C25H24FN7O/c1-17(32-27(33)20-10-6-7-11-21(20)28(32)34)25-24(18-8-4-3-5-9-18)26(30-14-15-35-2)22-16-19(29)12-13-23(22)31-25;1-15(32-25-19(13-27)24(28)30-14-31-25)22-21(16-6-4-3-5-7-16)23(29-10-11-34-2)18-12-17(26)8-9-20(18)33-22/h3-13,16-17H,14-15H2,1-2H3,(H,30,31);3-9,12,14-15H,10-11H2,1-2H3,(H,29,33)(H3,28,30,31,32). The number of fused-ring (bicyclic) bond motifs is 3. The Hall–Kier alpha value is -8.39. The Labute approximate surface area is 397 Å². The normalized spacial score (nSPS) is 12.8. The smallest absolute Gasteiger partial charge is 0.262 e. The molecule has 0 bridgehead atoms. The van der Waals surface area contributed by atoms with E-state index in [0.29, 0.717) is 87.7 Å². The number of imide groups is 1. The summed E-state index contributed by atoms with van der Waals surface area (Å²) >= 11 is 0. The third kappa shape index (κ3) is 9.73. The Morgan fingerprint density at radius 2 is 1.16 bits per heavy atom. The lowest BCUT2D eigenvalue weighted by Gasteiger charge is -2.27. The van der Waals surface area contributed by atoms with Crippen LogP contribution >= 0.6 is 0 Å². The fourth-order valence-corrected chi connectivity index (χ4v) is 8.42. The quantitative estimate of drug-likeness (QED) is 0.0561. The Morgan fingerprint density at radius 3 is 1.65 bits per heavy atom. The largest absolute Gasteiger partial charge is 0.383 e. The number of aromatic nitrogens is 4. The van der Waals surface area contributed by atoms with E-state index in [1.54, 1.807) is 57.5 Å². The van der Waals surface area contributed by atoms with Crippen molar-refractivity contribution in [2.75, 3.05) is 62.2 Å². The maximum Gasteiger partial charge on any atom is 0.262 e. The van der Waals surface area contributed by atoms with Crippen molar-refractivity contribution in [2.45, 2.75) is 25.9 Å². The van der Waals surface area contributed by atoms with Crippen molar-refractivity contribution in [3.05, 3.63) is 167 Å². The molecule has 0 saturated carbocycles. The average molecular weight is 927 g/mol. The number of methoxy groups -OCH3 is 2. The van der Waals surface area contributed by atoms with Crippen molar-refractivity contribution in [3.63, 3.8) is 0 Å². The van der Waals surface area contributed by atoms with E-state index < -0.39 is 6.04 Å². The molecule has 8 aromatic rings. The van der Waals surface area contributed by atoms with Gasteiger partial charge in [0.15, 0.2) is 0 Å². The van der Waals surface area contributed by atoms with E-state index in [2.05, 4.69) is 25.9 Å². The van der Waals surface area contributed by atoms with Crippen LogP contribution in [-0.4, -0.2) is 77.2 Å². The lowest BCUT2D eigenvalue weighted by atomic mass is 9.95. The third-order valence-corrected chi connectivity index (χ3v) is 11.7. The number of nitrogens with one attached hydrogen (secondary N) is 3. The Bertz CT molecular complexity index is 3190. The van der Waals surface area contributed by atoms with E-state index in [0.717, 1.165) is 22.4 Å². The number of hydrogen-bond acceptors (Lipinski definition) is 13. The Morgan fingerprint density at radius 1 is 0.681 bits per heavy atom. The minimum Gasteiger partial charge on any atom is -0.383 e. The molecule has 2 unspecified atom stereocenters. The molecule has 1 aliphatic rings. The summed E-state index contributed by atoms with van der Waals surface area (Å²) in [6.45, 7) is 5.63. The second-order valence-corrected chi connectivity index (χ2v) is 16.1. The van der Waals surface area contributed by atoms with Gasteiger partial charge in [-0.25, -0.2) is 28.7 Å². The van der Waals surface area contributed by atoms with Gasteiger partial charge in [0, 0.05) is 49.2 Å². The number of rotatable bonds is 15. The van der Waals surface area contributed by atoms with Crippen LogP contribution in [-0.2, 0) is 9.47 Å². The molecule has 5 aromatic carbocycles. The highest BCUT2D eigenvalue weighted by atomic mass is 19.1. The van der Waals surface area contributed by atoms with E-state index in [9.17, 15) is 23.6 Å². The van der Waals surface area contributed by atoms with E-state index in [-0.39, 0.29) is 40.9 Å². The summed E-state index contributed by atoms with van der Waals surface area (Å²) in [4.78, 5) is 45.7. The second-order valence-electron chi connectivity index (χ2n) is 16.1. The van der Waals surface area contributed by atoms with Gasteiger partial charge in [-0.3, -0.25) is 14.5 Å². The van der Waals surface area contributed by atoms with Gasteiger partial charge in [0.05, 0.1) is 70.2 Å². The van der Waals surface area contributed by atoms with Gasteiger partial charge in [0.2, 0.25) is 0 Å².